The number of fused-ring (bicyclic) bond motifs is 1. The topological polar surface area (TPSA) is 37.8 Å². The van der Waals surface area contributed by atoms with Gasteiger partial charge >= 0.3 is 0 Å². The van der Waals surface area contributed by atoms with Crippen LogP contribution in [0.2, 0.25) is 0 Å². The minimum absolute atomic E-state index is 0.639. The largest absolute Gasteiger partial charge is 0.324 e. The number of para-hydroxylation sites is 2. The van der Waals surface area contributed by atoms with E-state index < -0.39 is 0 Å². The fraction of sp³-hybridized carbons (Fsp3) is 0.125. The highest BCUT2D eigenvalue weighted by Crippen LogP contribution is 2.20. The highest BCUT2D eigenvalue weighted by Gasteiger charge is 2.03. The number of nitrogens with one attached hydrogen (secondary N) is 1. The van der Waals surface area contributed by atoms with Crippen LogP contribution in [0.1, 0.15) is 12.5 Å². The van der Waals surface area contributed by atoms with E-state index in [1.54, 1.807) is 0 Å². The number of aryl methyl sites for hydroxylation is 1. The predicted octanol–water partition coefficient (Wildman–Crippen LogP) is 3.94. The summed E-state index contributed by atoms with van der Waals surface area (Å²) < 4.78 is 0. The Morgan fingerprint density at radius 2 is 1.79 bits per heavy atom. The van der Waals surface area contributed by atoms with Gasteiger partial charge in [0.25, 0.3) is 0 Å². The molecule has 0 saturated heterocycles. The van der Waals surface area contributed by atoms with E-state index in [1.807, 2.05) is 42.6 Å². The first-order chi connectivity index (χ1) is 9.36. The van der Waals surface area contributed by atoms with Gasteiger partial charge in [0.05, 0.1) is 5.52 Å². The average molecular weight is 249 g/mol. The standard InChI is InChI=1S/C16H15N3/c1-2-12-7-3-5-9-14(12)18-16-17-11-13-8-4-6-10-15(13)19-16/h3-11H,2H2,1H3,(H,17,18,19). The summed E-state index contributed by atoms with van der Waals surface area (Å²) in [7, 11) is 0. The number of rotatable bonds is 3. The third kappa shape index (κ3) is 2.40. The van der Waals surface area contributed by atoms with E-state index in [0.717, 1.165) is 23.0 Å². The van der Waals surface area contributed by atoms with Crippen LogP contribution >= 0.6 is 0 Å². The van der Waals surface area contributed by atoms with Crippen molar-refractivity contribution in [3.8, 4) is 0 Å². The molecule has 0 bridgehead atoms. The monoisotopic (exact) mass is 249 g/mol. The maximum atomic E-state index is 4.52. The first kappa shape index (κ1) is 11.7. The van der Waals surface area contributed by atoms with Crippen LogP contribution in [0.15, 0.2) is 54.7 Å². The van der Waals surface area contributed by atoms with E-state index in [9.17, 15) is 0 Å². The van der Waals surface area contributed by atoms with Gasteiger partial charge in [-0.05, 0) is 24.1 Å². The lowest BCUT2D eigenvalue weighted by molar-refractivity contribution is 1.13. The van der Waals surface area contributed by atoms with Crippen molar-refractivity contribution >= 4 is 22.5 Å². The van der Waals surface area contributed by atoms with Gasteiger partial charge < -0.3 is 5.32 Å². The second-order valence-electron chi connectivity index (χ2n) is 4.39. The molecule has 0 radical (unpaired) electrons. The van der Waals surface area contributed by atoms with Gasteiger partial charge in [0, 0.05) is 17.3 Å². The van der Waals surface area contributed by atoms with E-state index in [1.165, 1.54) is 5.56 Å². The van der Waals surface area contributed by atoms with Crippen LogP contribution in [0.3, 0.4) is 0 Å². The molecule has 3 aromatic rings. The van der Waals surface area contributed by atoms with Gasteiger partial charge in [-0.25, -0.2) is 9.97 Å². The Labute approximate surface area is 112 Å². The molecule has 1 N–H and O–H groups in total. The zero-order chi connectivity index (χ0) is 13.1. The zero-order valence-corrected chi connectivity index (χ0v) is 10.8. The van der Waals surface area contributed by atoms with Gasteiger partial charge in [0.2, 0.25) is 5.95 Å². The molecule has 0 amide bonds. The van der Waals surface area contributed by atoms with E-state index >= 15 is 0 Å². The van der Waals surface area contributed by atoms with Crippen LogP contribution in [0.5, 0.6) is 0 Å². The molecule has 0 atom stereocenters. The molecule has 3 rings (SSSR count). The van der Waals surface area contributed by atoms with E-state index in [0.29, 0.717) is 5.95 Å². The van der Waals surface area contributed by atoms with Gasteiger partial charge in [0.15, 0.2) is 0 Å². The molecule has 94 valence electrons. The summed E-state index contributed by atoms with van der Waals surface area (Å²) in [6.45, 7) is 2.14. The first-order valence-corrected chi connectivity index (χ1v) is 6.43. The molecule has 0 unspecified atom stereocenters. The van der Waals surface area contributed by atoms with Crippen LogP contribution in [0, 0.1) is 0 Å². The van der Waals surface area contributed by atoms with E-state index in [2.05, 4.69) is 34.3 Å². The summed E-state index contributed by atoms with van der Waals surface area (Å²) in [6.07, 6.45) is 2.83. The number of hydrogen-bond donors (Lipinski definition) is 1. The molecular formula is C16H15N3. The molecule has 19 heavy (non-hydrogen) atoms. The Morgan fingerprint density at radius 3 is 2.68 bits per heavy atom. The predicted molar refractivity (Wildman–Crippen MR) is 78.6 cm³/mol. The smallest absolute Gasteiger partial charge is 0.227 e. The second kappa shape index (κ2) is 5.06. The fourth-order valence-corrected chi connectivity index (χ4v) is 2.10. The van der Waals surface area contributed by atoms with Gasteiger partial charge in [-0.1, -0.05) is 43.3 Å². The van der Waals surface area contributed by atoms with Gasteiger partial charge in [-0.2, -0.15) is 0 Å². The lowest BCUT2D eigenvalue weighted by Crippen LogP contribution is -1.99. The van der Waals surface area contributed by atoms with Crippen molar-refractivity contribution in [3.63, 3.8) is 0 Å². The van der Waals surface area contributed by atoms with Gasteiger partial charge in [0.1, 0.15) is 0 Å². The Hall–Kier alpha value is -2.42. The molecule has 1 heterocycles. The van der Waals surface area contributed by atoms with Crippen molar-refractivity contribution in [2.24, 2.45) is 0 Å². The van der Waals surface area contributed by atoms with Crippen LogP contribution < -0.4 is 5.32 Å². The molecule has 0 aliphatic carbocycles. The Morgan fingerprint density at radius 1 is 1.00 bits per heavy atom. The summed E-state index contributed by atoms with van der Waals surface area (Å²) in [4.78, 5) is 8.88. The fourth-order valence-electron chi connectivity index (χ4n) is 2.10. The molecule has 1 aromatic heterocycles. The molecule has 0 aliphatic rings. The lowest BCUT2D eigenvalue weighted by Gasteiger charge is -2.09. The number of nitrogens with zero attached hydrogens (tertiary/aromatic N) is 2. The molecule has 0 spiro atoms. The Kier molecular flexibility index (Phi) is 3.11. The second-order valence-corrected chi connectivity index (χ2v) is 4.39. The van der Waals surface area contributed by atoms with Crippen molar-refractivity contribution in [2.75, 3.05) is 5.32 Å². The average Bonchev–Trinajstić information content (AvgIpc) is 2.48. The summed E-state index contributed by atoms with van der Waals surface area (Å²) in [5.41, 5.74) is 3.29. The molecule has 3 heteroatoms. The SMILES string of the molecule is CCc1ccccc1Nc1ncc2ccccc2n1. The van der Waals surface area contributed by atoms with Crippen molar-refractivity contribution in [2.45, 2.75) is 13.3 Å². The van der Waals surface area contributed by atoms with Crippen molar-refractivity contribution in [3.05, 3.63) is 60.3 Å². The highest BCUT2D eigenvalue weighted by molar-refractivity contribution is 5.79. The van der Waals surface area contributed by atoms with E-state index in [-0.39, 0.29) is 0 Å². The molecular weight excluding hydrogens is 234 g/mol. The molecule has 0 aliphatic heterocycles. The summed E-state index contributed by atoms with van der Waals surface area (Å²) >= 11 is 0. The van der Waals surface area contributed by atoms with Crippen molar-refractivity contribution in [1.82, 2.24) is 9.97 Å². The third-order valence-electron chi connectivity index (χ3n) is 3.13. The minimum Gasteiger partial charge on any atom is -0.324 e. The van der Waals surface area contributed by atoms with Crippen LogP contribution in [0.25, 0.3) is 10.9 Å². The number of hydrogen-bond acceptors (Lipinski definition) is 3. The van der Waals surface area contributed by atoms with Crippen molar-refractivity contribution in [1.29, 1.82) is 0 Å². The van der Waals surface area contributed by atoms with Crippen LogP contribution in [-0.2, 0) is 6.42 Å². The Bertz CT molecular complexity index is 707. The first-order valence-electron chi connectivity index (χ1n) is 6.43. The minimum atomic E-state index is 0.639. The zero-order valence-electron chi connectivity index (χ0n) is 10.8. The number of aromatic nitrogens is 2. The quantitative estimate of drug-likeness (QED) is 0.764. The van der Waals surface area contributed by atoms with Crippen molar-refractivity contribution < 1.29 is 0 Å². The number of anilines is 2. The van der Waals surface area contributed by atoms with Gasteiger partial charge in [-0.3, -0.25) is 0 Å². The van der Waals surface area contributed by atoms with Crippen LogP contribution in [-0.4, -0.2) is 9.97 Å². The molecule has 3 nitrogen and oxygen atoms in total. The summed E-state index contributed by atoms with van der Waals surface area (Å²) in [5.74, 6) is 0.639. The molecule has 0 fully saturated rings. The maximum Gasteiger partial charge on any atom is 0.227 e. The van der Waals surface area contributed by atoms with Crippen LogP contribution in [0.4, 0.5) is 11.6 Å². The maximum absolute atomic E-state index is 4.52. The highest BCUT2D eigenvalue weighted by atomic mass is 15.1. The molecule has 0 saturated carbocycles. The lowest BCUT2D eigenvalue weighted by atomic mass is 10.1. The normalized spacial score (nSPS) is 10.6. The van der Waals surface area contributed by atoms with E-state index in [4.69, 9.17) is 0 Å². The van der Waals surface area contributed by atoms with Gasteiger partial charge in [-0.15, -0.1) is 0 Å². The summed E-state index contributed by atoms with van der Waals surface area (Å²) in [6, 6.07) is 16.2. The summed E-state index contributed by atoms with van der Waals surface area (Å²) in [5, 5.41) is 4.35. The molecule has 2 aromatic carbocycles. The Balaban J connectivity index is 1.96. The third-order valence-corrected chi connectivity index (χ3v) is 3.13. The number of benzene rings is 2.